The zero-order valence-corrected chi connectivity index (χ0v) is 17.3. The van der Waals surface area contributed by atoms with Crippen molar-refractivity contribution >= 4 is 5.97 Å². The molecule has 1 atom stereocenters. The number of rotatable bonds is 9. The molecule has 0 heterocycles. The zero-order chi connectivity index (χ0) is 21.2. The first-order valence-electron chi connectivity index (χ1n) is 10.3. The van der Waals surface area contributed by atoms with Crippen molar-refractivity contribution in [2.45, 2.75) is 31.1 Å². The maximum absolute atomic E-state index is 13.3. The maximum atomic E-state index is 13.3. The van der Waals surface area contributed by atoms with Gasteiger partial charge in [-0.15, -0.1) is 0 Å². The Morgan fingerprint density at radius 2 is 1.40 bits per heavy atom. The minimum atomic E-state index is -0.901. The summed E-state index contributed by atoms with van der Waals surface area (Å²) in [6.07, 6.45) is 2.58. The number of benzene rings is 3. The highest BCUT2D eigenvalue weighted by molar-refractivity contribution is 5.87. The molecular formula is C27H27NO2. The summed E-state index contributed by atoms with van der Waals surface area (Å²) >= 11 is 0. The fourth-order valence-electron chi connectivity index (χ4n) is 4.19. The van der Waals surface area contributed by atoms with Gasteiger partial charge in [0.1, 0.15) is 5.41 Å². The number of nitrogens with zero attached hydrogens (tertiary/aromatic N) is 1. The van der Waals surface area contributed by atoms with Crippen LogP contribution in [0.3, 0.4) is 0 Å². The van der Waals surface area contributed by atoms with E-state index in [-0.39, 0.29) is 11.9 Å². The Bertz CT molecular complexity index is 923. The van der Waals surface area contributed by atoms with Crippen LogP contribution in [0.1, 0.15) is 36.0 Å². The van der Waals surface area contributed by atoms with Crippen LogP contribution in [0.4, 0.5) is 0 Å². The van der Waals surface area contributed by atoms with Gasteiger partial charge in [0.05, 0.1) is 13.2 Å². The van der Waals surface area contributed by atoms with Gasteiger partial charge < -0.3 is 4.74 Å². The van der Waals surface area contributed by atoms with E-state index in [4.69, 9.17) is 4.74 Å². The highest BCUT2D eigenvalue weighted by Gasteiger charge is 2.43. The van der Waals surface area contributed by atoms with Crippen molar-refractivity contribution in [1.82, 2.24) is 0 Å². The topological polar surface area (TPSA) is 50.1 Å². The molecule has 3 heteroatoms. The summed E-state index contributed by atoms with van der Waals surface area (Å²) in [5, 5.41) is 9.39. The predicted octanol–water partition coefficient (Wildman–Crippen LogP) is 5.70. The molecule has 0 saturated carbocycles. The fourth-order valence-corrected chi connectivity index (χ4v) is 4.19. The smallest absolute Gasteiger partial charge is 0.320 e. The van der Waals surface area contributed by atoms with Gasteiger partial charge in [0.2, 0.25) is 0 Å². The predicted molar refractivity (Wildman–Crippen MR) is 119 cm³/mol. The molecule has 0 aliphatic rings. The number of ether oxygens (including phenoxy) is 1. The molecule has 0 radical (unpaired) electrons. The molecule has 0 aromatic heterocycles. The lowest BCUT2D eigenvalue weighted by Gasteiger charge is -2.33. The number of hydrogen-bond donors (Lipinski definition) is 0. The quantitative estimate of drug-likeness (QED) is 0.435. The van der Waals surface area contributed by atoms with Gasteiger partial charge in [0, 0.05) is 6.42 Å². The molecule has 3 nitrogen and oxygen atoms in total. The third-order valence-corrected chi connectivity index (χ3v) is 5.74. The van der Waals surface area contributed by atoms with Crippen LogP contribution in [0.2, 0.25) is 0 Å². The van der Waals surface area contributed by atoms with E-state index in [0.717, 1.165) is 24.0 Å². The molecule has 0 spiro atoms. The van der Waals surface area contributed by atoms with Crippen molar-refractivity contribution in [2.75, 3.05) is 7.11 Å². The summed E-state index contributed by atoms with van der Waals surface area (Å²) in [7, 11) is 1.44. The molecule has 3 rings (SSSR count). The summed E-state index contributed by atoms with van der Waals surface area (Å²) in [5.74, 6) is -0.107. The number of nitriles is 1. The summed E-state index contributed by atoms with van der Waals surface area (Å²) in [5.41, 5.74) is 2.14. The number of carbonyl (C=O) groups is 1. The minimum absolute atomic E-state index is 0.161. The normalized spacial score (nSPS) is 12.0. The van der Waals surface area contributed by atoms with Crippen LogP contribution in [-0.4, -0.2) is 13.1 Å². The number of methoxy groups -OCH3 is 1. The van der Waals surface area contributed by atoms with Crippen molar-refractivity contribution < 1.29 is 9.53 Å². The molecule has 0 aliphatic heterocycles. The Morgan fingerprint density at radius 3 is 1.87 bits per heavy atom. The first kappa shape index (κ1) is 21.3. The van der Waals surface area contributed by atoms with Gasteiger partial charge >= 0.3 is 5.97 Å². The van der Waals surface area contributed by atoms with Crippen LogP contribution >= 0.6 is 0 Å². The van der Waals surface area contributed by atoms with E-state index in [2.05, 4.69) is 18.2 Å². The molecule has 0 fully saturated rings. The molecular weight excluding hydrogens is 370 g/mol. The molecule has 0 saturated heterocycles. The van der Waals surface area contributed by atoms with E-state index in [1.165, 1.54) is 12.7 Å². The van der Waals surface area contributed by atoms with Gasteiger partial charge in [0.15, 0.2) is 0 Å². The summed E-state index contributed by atoms with van der Waals surface area (Å²) in [6, 6.07) is 32.2. The van der Waals surface area contributed by atoms with Gasteiger partial charge in [-0.05, 0) is 41.9 Å². The minimum Gasteiger partial charge on any atom is -0.468 e. The highest BCUT2D eigenvalue weighted by atomic mass is 16.5. The lowest BCUT2D eigenvalue weighted by atomic mass is 9.69. The Hall–Kier alpha value is -3.38. The molecule has 3 aromatic rings. The molecule has 0 aliphatic carbocycles. The second-order valence-electron chi connectivity index (χ2n) is 7.59. The van der Waals surface area contributed by atoms with E-state index in [1.807, 2.05) is 78.9 Å². The first-order valence-corrected chi connectivity index (χ1v) is 10.3. The van der Waals surface area contributed by atoms with E-state index in [9.17, 15) is 10.1 Å². The Balaban J connectivity index is 1.97. The van der Waals surface area contributed by atoms with Crippen LogP contribution in [0.15, 0.2) is 91.0 Å². The van der Waals surface area contributed by atoms with Crippen molar-refractivity contribution in [3.8, 4) is 6.07 Å². The molecule has 30 heavy (non-hydrogen) atoms. The zero-order valence-electron chi connectivity index (χ0n) is 17.3. The van der Waals surface area contributed by atoms with Crippen molar-refractivity contribution in [3.63, 3.8) is 0 Å². The lowest BCUT2D eigenvalue weighted by molar-refractivity contribution is -0.146. The van der Waals surface area contributed by atoms with Crippen molar-refractivity contribution in [2.24, 2.45) is 5.92 Å². The Morgan fingerprint density at radius 1 is 0.900 bits per heavy atom. The molecule has 0 N–H and O–H groups in total. The molecule has 3 aromatic carbocycles. The lowest BCUT2D eigenvalue weighted by Crippen LogP contribution is -2.39. The summed E-state index contributed by atoms with van der Waals surface area (Å²) in [4.78, 5) is 13.3. The first-order chi connectivity index (χ1) is 14.7. The average molecular weight is 398 g/mol. The van der Waals surface area contributed by atoms with E-state index in [0.29, 0.717) is 12.8 Å². The molecule has 0 amide bonds. The van der Waals surface area contributed by atoms with Crippen LogP contribution in [0.5, 0.6) is 0 Å². The van der Waals surface area contributed by atoms with Crippen molar-refractivity contribution in [1.29, 1.82) is 5.26 Å². The summed E-state index contributed by atoms with van der Waals surface area (Å²) in [6.45, 7) is 0. The summed E-state index contributed by atoms with van der Waals surface area (Å²) < 4.78 is 5.33. The van der Waals surface area contributed by atoms with Crippen LogP contribution in [0.25, 0.3) is 0 Å². The number of carbonyl (C=O) groups excluding carboxylic acids is 1. The fraction of sp³-hybridized carbons (Fsp3) is 0.259. The van der Waals surface area contributed by atoms with E-state index in [1.54, 1.807) is 0 Å². The van der Waals surface area contributed by atoms with Crippen LogP contribution in [0, 0.1) is 17.2 Å². The number of hydrogen-bond acceptors (Lipinski definition) is 3. The maximum Gasteiger partial charge on any atom is 0.320 e. The van der Waals surface area contributed by atoms with Crippen LogP contribution < -0.4 is 0 Å². The van der Waals surface area contributed by atoms with Gasteiger partial charge in [-0.3, -0.25) is 4.79 Å². The van der Waals surface area contributed by atoms with E-state index < -0.39 is 5.41 Å². The second-order valence-corrected chi connectivity index (χ2v) is 7.59. The SMILES string of the molecule is COC(=O)C(CCC(CC#N)Cc1ccccc1)(c1ccccc1)c1ccccc1. The second kappa shape index (κ2) is 10.4. The van der Waals surface area contributed by atoms with Gasteiger partial charge in [-0.25, -0.2) is 0 Å². The molecule has 152 valence electrons. The Labute approximate surface area is 178 Å². The van der Waals surface area contributed by atoms with Gasteiger partial charge in [-0.1, -0.05) is 91.0 Å². The highest BCUT2D eigenvalue weighted by Crippen LogP contribution is 2.39. The molecule has 0 bridgehead atoms. The Kier molecular flexibility index (Phi) is 7.40. The number of esters is 1. The van der Waals surface area contributed by atoms with Gasteiger partial charge in [-0.2, -0.15) is 5.26 Å². The third kappa shape index (κ3) is 4.78. The van der Waals surface area contributed by atoms with Gasteiger partial charge in [0.25, 0.3) is 0 Å². The third-order valence-electron chi connectivity index (χ3n) is 5.74. The standard InChI is InChI=1S/C27H27NO2/c1-30-26(29)27(24-13-7-3-8-14-24,25-15-9-4-10-16-25)19-17-23(18-20-28)21-22-11-5-2-6-12-22/h2-16,23H,17-19,21H2,1H3. The van der Waals surface area contributed by atoms with Crippen molar-refractivity contribution in [3.05, 3.63) is 108 Å². The monoisotopic (exact) mass is 397 g/mol. The average Bonchev–Trinajstić information content (AvgIpc) is 2.81. The van der Waals surface area contributed by atoms with E-state index >= 15 is 0 Å². The van der Waals surface area contributed by atoms with Crippen LogP contribution in [-0.2, 0) is 21.4 Å². The largest absolute Gasteiger partial charge is 0.468 e. The molecule has 1 unspecified atom stereocenters.